The van der Waals surface area contributed by atoms with Gasteiger partial charge in [0.1, 0.15) is 11.8 Å². The van der Waals surface area contributed by atoms with Gasteiger partial charge in [0.15, 0.2) is 0 Å². The predicted molar refractivity (Wildman–Crippen MR) is 82.8 cm³/mol. The summed E-state index contributed by atoms with van der Waals surface area (Å²) in [5.74, 6) is -0.386. The van der Waals surface area contributed by atoms with Gasteiger partial charge in [-0.2, -0.15) is 5.26 Å². The van der Waals surface area contributed by atoms with Crippen molar-refractivity contribution >= 4 is 11.7 Å². The highest BCUT2D eigenvalue weighted by atomic mass is 16.5. The molecule has 0 unspecified atom stereocenters. The zero-order valence-corrected chi connectivity index (χ0v) is 12.4. The van der Waals surface area contributed by atoms with E-state index in [1.165, 1.54) is 7.11 Å². The lowest BCUT2D eigenvalue weighted by atomic mass is 10.1. The van der Waals surface area contributed by atoms with Crippen molar-refractivity contribution in [3.05, 3.63) is 53.3 Å². The third kappa shape index (κ3) is 4.69. The first kappa shape index (κ1) is 16.3. The van der Waals surface area contributed by atoms with E-state index in [0.29, 0.717) is 23.5 Å². The molecule has 0 heterocycles. The number of ether oxygens (including phenoxy) is 1. The van der Waals surface area contributed by atoms with Gasteiger partial charge in [0.25, 0.3) is 0 Å². The van der Waals surface area contributed by atoms with Gasteiger partial charge in [-0.15, -0.1) is 0 Å². The fourth-order valence-electron chi connectivity index (χ4n) is 1.70. The number of nitriles is 1. The molecular formula is C16H19N3O2. The predicted octanol–water partition coefficient (Wildman–Crippen LogP) is 2.46. The molecule has 0 bridgehead atoms. The maximum Gasteiger partial charge on any atom is 0.339 e. The number of rotatable bonds is 6. The van der Waals surface area contributed by atoms with E-state index < -0.39 is 0 Å². The first-order valence-electron chi connectivity index (χ1n) is 6.52. The first-order chi connectivity index (χ1) is 10.2. The third-order valence-corrected chi connectivity index (χ3v) is 2.91. The van der Waals surface area contributed by atoms with E-state index >= 15 is 0 Å². The Morgan fingerprint density at radius 2 is 2.14 bits per heavy atom. The lowest BCUT2D eigenvalue weighted by molar-refractivity contribution is 0.0602. The van der Waals surface area contributed by atoms with E-state index in [1.807, 2.05) is 25.1 Å². The van der Waals surface area contributed by atoms with E-state index in [0.717, 1.165) is 5.57 Å². The largest absolute Gasteiger partial charge is 0.465 e. The molecule has 0 atom stereocenters. The van der Waals surface area contributed by atoms with E-state index in [-0.39, 0.29) is 5.97 Å². The Kier molecular flexibility index (Phi) is 6.55. The number of hydrogen-bond donors (Lipinski definition) is 2. The Morgan fingerprint density at radius 1 is 1.43 bits per heavy atom. The second-order valence-corrected chi connectivity index (χ2v) is 4.17. The molecule has 0 saturated carbocycles. The lowest BCUT2D eigenvalue weighted by Gasteiger charge is -2.11. The number of carbonyl (C=O) groups excluding carboxylic acids is 1. The van der Waals surface area contributed by atoms with Gasteiger partial charge in [-0.05, 0) is 30.7 Å². The molecule has 0 fully saturated rings. The molecule has 0 saturated heterocycles. The Bertz CT molecular complexity index is 598. The summed E-state index contributed by atoms with van der Waals surface area (Å²) >= 11 is 0. The normalized spacial score (nSPS) is 11.5. The maximum absolute atomic E-state index is 11.7. The van der Waals surface area contributed by atoms with E-state index in [2.05, 4.69) is 16.7 Å². The smallest absolute Gasteiger partial charge is 0.339 e. The van der Waals surface area contributed by atoms with Crippen LogP contribution in [0.4, 0.5) is 5.69 Å². The molecule has 0 aliphatic carbocycles. The molecule has 0 aliphatic rings. The van der Waals surface area contributed by atoms with Crippen molar-refractivity contribution in [3.63, 3.8) is 0 Å². The number of esters is 1. The zero-order chi connectivity index (χ0) is 15.7. The van der Waals surface area contributed by atoms with Gasteiger partial charge in [-0.1, -0.05) is 18.2 Å². The monoisotopic (exact) mass is 285 g/mol. The van der Waals surface area contributed by atoms with E-state index in [9.17, 15) is 4.79 Å². The molecule has 1 aromatic rings. The summed E-state index contributed by atoms with van der Waals surface area (Å²) in [6.45, 7) is 2.39. The van der Waals surface area contributed by atoms with Gasteiger partial charge in [0, 0.05) is 19.3 Å². The summed E-state index contributed by atoms with van der Waals surface area (Å²) in [6, 6.07) is 9.20. The molecule has 1 aromatic carbocycles. The van der Waals surface area contributed by atoms with Crippen LogP contribution >= 0.6 is 0 Å². The molecule has 0 radical (unpaired) electrons. The van der Waals surface area contributed by atoms with Crippen LogP contribution in [0, 0.1) is 11.3 Å². The molecule has 5 heteroatoms. The summed E-state index contributed by atoms with van der Waals surface area (Å²) in [5, 5.41) is 14.9. The van der Waals surface area contributed by atoms with Crippen molar-refractivity contribution in [1.82, 2.24) is 5.32 Å². The lowest BCUT2D eigenvalue weighted by Crippen LogP contribution is -2.11. The number of para-hydroxylation sites is 1. The number of methoxy groups -OCH3 is 1. The van der Waals surface area contributed by atoms with Crippen molar-refractivity contribution in [2.45, 2.75) is 6.92 Å². The number of anilines is 1. The van der Waals surface area contributed by atoms with E-state index in [4.69, 9.17) is 10.00 Å². The number of allylic oxidation sites excluding steroid dienone is 2. The molecule has 5 nitrogen and oxygen atoms in total. The molecule has 0 aromatic heterocycles. The van der Waals surface area contributed by atoms with Crippen LogP contribution in [0.1, 0.15) is 17.3 Å². The van der Waals surface area contributed by atoms with Crippen LogP contribution in [0.15, 0.2) is 47.7 Å². The molecule has 0 aliphatic heterocycles. The van der Waals surface area contributed by atoms with E-state index in [1.54, 1.807) is 25.3 Å². The van der Waals surface area contributed by atoms with Crippen LogP contribution in [-0.4, -0.2) is 26.7 Å². The van der Waals surface area contributed by atoms with Gasteiger partial charge in [0.2, 0.25) is 0 Å². The Hall–Kier alpha value is -2.74. The molecule has 110 valence electrons. The van der Waals surface area contributed by atoms with Gasteiger partial charge >= 0.3 is 5.97 Å². The fourth-order valence-corrected chi connectivity index (χ4v) is 1.70. The number of nitrogens with one attached hydrogen (secondary N) is 2. The number of carbonyl (C=O) groups is 1. The first-order valence-corrected chi connectivity index (χ1v) is 6.52. The van der Waals surface area contributed by atoms with Crippen LogP contribution in [0.3, 0.4) is 0 Å². The number of benzene rings is 1. The van der Waals surface area contributed by atoms with Gasteiger partial charge < -0.3 is 15.4 Å². The average Bonchev–Trinajstić information content (AvgIpc) is 2.54. The average molecular weight is 285 g/mol. The number of hydrogen-bond acceptors (Lipinski definition) is 5. The van der Waals surface area contributed by atoms with Crippen molar-refractivity contribution in [2.24, 2.45) is 0 Å². The quantitative estimate of drug-likeness (QED) is 0.477. The Balaban J connectivity index is 2.86. The fraction of sp³-hybridized carbons (Fsp3) is 0.250. The Labute approximate surface area is 124 Å². The third-order valence-electron chi connectivity index (χ3n) is 2.91. The minimum absolute atomic E-state index is 0.386. The highest BCUT2D eigenvalue weighted by Gasteiger charge is 2.10. The molecular weight excluding hydrogens is 266 g/mol. The molecule has 0 spiro atoms. The van der Waals surface area contributed by atoms with Crippen molar-refractivity contribution in [1.29, 1.82) is 5.26 Å². The Morgan fingerprint density at radius 3 is 2.71 bits per heavy atom. The second-order valence-electron chi connectivity index (χ2n) is 4.17. The van der Waals surface area contributed by atoms with Crippen molar-refractivity contribution in [3.8, 4) is 6.07 Å². The minimum atomic E-state index is -0.386. The highest BCUT2D eigenvalue weighted by molar-refractivity contribution is 5.95. The molecule has 0 amide bonds. The van der Waals surface area contributed by atoms with Crippen LogP contribution in [0.5, 0.6) is 0 Å². The zero-order valence-electron chi connectivity index (χ0n) is 12.4. The SMILES string of the molecule is C/C=C(\C=C(\C#N)NC)CNc1ccccc1C(=O)OC. The van der Waals surface area contributed by atoms with Crippen molar-refractivity contribution < 1.29 is 9.53 Å². The molecule has 1 rings (SSSR count). The molecule has 2 N–H and O–H groups in total. The summed E-state index contributed by atoms with van der Waals surface area (Å²) in [5.41, 5.74) is 2.58. The topological polar surface area (TPSA) is 74.2 Å². The van der Waals surface area contributed by atoms with Gasteiger partial charge in [-0.3, -0.25) is 0 Å². The molecule has 21 heavy (non-hydrogen) atoms. The van der Waals surface area contributed by atoms with Crippen LogP contribution < -0.4 is 10.6 Å². The number of nitrogens with zero attached hydrogens (tertiary/aromatic N) is 1. The summed E-state index contributed by atoms with van der Waals surface area (Å²) in [7, 11) is 3.05. The van der Waals surface area contributed by atoms with Crippen LogP contribution in [0.2, 0.25) is 0 Å². The second kappa shape index (κ2) is 8.43. The maximum atomic E-state index is 11.7. The van der Waals surface area contributed by atoms with Gasteiger partial charge in [0.05, 0.1) is 12.7 Å². The van der Waals surface area contributed by atoms with Crippen LogP contribution in [-0.2, 0) is 4.74 Å². The minimum Gasteiger partial charge on any atom is -0.465 e. The highest BCUT2D eigenvalue weighted by Crippen LogP contribution is 2.16. The van der Waals surface area contributed by atoms with Gasteiger partial charge in [-0.25, -0.2) is 4.79 Å². The summed E-state index contributed by atoms with van der Waals surface area (Å²) in [6.07, 6.45) is 3.66. The summed E-state index contributed by atoms with van der Waals surface area (Å²) < 4.78 is 4.75. The standard InChI is InChI=1S/C16H19N3O2/c1-4-12(9-13(10-17)18-2)11-19-15-8-6-5-7-14(15)16(20)21-3/h4-9,18-19H,11H2,1-3H3/b12-4+,13-9-. The van der Waals surface area contributed by atoms with Crippen LogP contribution in [0.25, 0.3) is 0 Å². The summed E-state index contributed by atoms with van der Waals surface area (Å²) in [4.78, 5) is 11.7. The van der Waals surface area contributed by atoms with Crippen molar-refractivity contribution in [2.75, 3.05) is 26.0 Å².